The quantitative estimate of drug-likeness (QED) is 0.360. The fraction of sp³-hybridized carbons (Fsp3) is 0. The van der Waals surface area contributed by atoms with Crippen LogP contribution < -0.4 is 5.73 Å². The number of hydrogen-bond donors (Lipinski definition) is 2. The summed E-state index contributed by atoms with van der Waals surface area (Å²) in [7, 11) is 0. The molecule has 52 valence electrons. The van der Waals surface area contributed by atoms with Crippen LogP contribution in [0, 0.1) is 0 Å². The molecule has 1 aromatic rings. The molecule has 0 aliphatic rings. The third-order valence-corrected chi connectivity index (χ3v) is 1.56. The number of nitrogens with zero attached hydrogens (tertiary/aromatic N) is 1. The maximum atomic E-state index is 5.55. The van der Waals surface area contributed by atoms with E-state index in [0.717, 1.165) is 4.90 Å². The third-order valence-electron chi connectivity index (χ3n) is 1.20. The first-order valence-corrected chi connectivity index (χ1v) is 3.24. The van der Waals surface area contributed by atoms with Crippen LogP contribution in [0.5, 0.6) is 0 Å². The lowest BCUT2D eigenvalue weighted by Gasteiger charge is -2.00. The molecule has 0 bridgehead atoms. The second-order valence-electron chi connectivity index (χ2n) is 1.87. The molecule has 0 amide bonds. The Labute approximate surface area is 65.2 Å². The molecule has 3 heteroatoms. The molecule has 2 N–H and O–H groups in total. The van der Waals surface area contributed by atoms with Crippen molar-refractivity contribution in [3.63, 3.8) is 0 Å². The fourth-order valence-corrected chi connectivity index (χ4v) is 1.01. The number of rotatable bonds is 1. The average molecular weight is 152 g/mol. The first-order valence-electron chi connectivity index (χ1n) is 2.80. The number of thiol groups is 1. The van der Waals surface area contributed by atoms with Crippen LogP contribution in [0.15, 0.2) is 28.1 Å². The maximum absolute atomic E-state index is 5.55. The SMILES string of the molecule is C=Nc1c(N)cccc1S. The highest BCUT2D eigenvalue weighted by atomic mass is 32.1. The van der Waals surface area contributed by atoms with Gasteiger partial charge in [-0.2, -0.15) is 0 Å². The minimum Gasteiger partial charge on any atom is -0.397 e. The molecule has 1 aromatic carbocycles. The Morgan fingerprint density at radius 3 is 2.60 bits per heavy atom. The van der Waals surface area contributed by atoms with Gasteiger partial charge in [-0.1, -0.05) is 6.07 Å². The van der Waals surface area contributed by atoms with Crippen LogP contribution in [0.1, 0.15) is 0 Å². The molecule has 0 aromatic heterocycles. The van der Waals surface area contributed by atoms with E-state index < -0.39 is 0 Å². The molecule has 0 unspecified atom stereocenters. The van der Waals surface area contributed by atoms with Crippen molar-refractivity contribution in [1.82, 2.24) is 0 Å². The molecule has 0 heterocycles. The number of benzene rings is 1. The van der Waals surface area contributed by atoms with Crippen LogP contribution in [0.3, 0.4) is 0 Å². The van der Waals surface area contributed by atoms with Crippen molar-refractivity contribution < 1.29 is 0 Å². The van der Waals surface area contributed by atoms with Gasteiger partial charge in [-0.3, -0.25) is 4.99 Å². The lowest BCUT2D eigenvalue weighted by molar-refractivity contribution is 1.40. The van der Waals surface area contributed by atoms with Crippen molar-refractivity contribution >= 4 is 30.7 Å². The second kappa shape index (κ2) is 2.75. The van der Waals surface area contributed by atoms with Gasteiger partial charge in [0.2, 0.25) is 0 Å². The third kappa shape index (κ3) is 1.14. The van der Waals surface area contributed by atoms with Crippen molar-refractivity contribution in [2.75, 3.05) is 5.73 Å². The van der Waals surface area contributed by atoms with Crippen molar-refractivity contribution in [3.8, 4) is 0 Å². The summed E-state index contributed by atoms with van der Waals surface area (Å²) in [6, 6.07) is 5.42. The van der Waals surface area contributed by atoms with Crippen LogP contribution in [0.2, 0.25) is 0 Å². The van der Waals surface area contributed by atoms with Gasteiger partial charge in [0.05, 0.1) is 11.4 Å². The van der Waals surface area contributed by atoms with Gasteiger partial charge in [-0.05, 0) is 18.9 Å². The van der Waals surface area contributed by atoms with Crippen LogP contribution in [-0.2, 0) is 0 Å². The van der Waals surface area contributed by atoms with E-state index in [1.807, 2.05) is 12.1 Å². The summed E-state index contributed by atoms with van der Waals surface area (Å²) in [6.07, 6.45) is 0. The fourth-order valence-electron chi connectivity index (χ4n) is 0.721. The zero-order chi connectivity index (χ0) is 7.56. The normalized spacial score (nSPS) is 9.30. The summed E-state index contributed by atoms with van der Waals surface area (Å²) < 4.78 is 0. The van der Waals surface area contributed by atoms with E-state index in [2.05, 4.69) is 24.3 Å². The van der Waals surface area contributed by atoms with Crippen molar-refractivity contribution in [2.24, 2.45) is 4.99 Å². The first kappa shape index (κ1) is 7.15. The summed E-state index contributed by atoms with van der Waals surface area (Å²) in [4.78, 5) is 4.48. The van der Waals surface area contributed by atoms with Gasteiger partial charge >= 0.3 is 0 Å². The van der Waals surface area contributed by atoms with Gasteiger partial charge in [-0.15, -0.1) is 12.6 Å². The van der Waals surface area contributed by atoms with Gasteiger partial charge < -0.3 is 5.73 Å². The summed E-state index contributed by atoms with van der Waals surface area (Å²) in [5, 5.41) is 0. The zero-order valence-corrected chi connectivity index (χ0v) is 6.31. The molecule has 0 saturated heterocycles. The minimum atomic E-state index is 0.613. The molecule has 0 aliphatic carbocycles. The largest absolute Gasteiger partial charge is 0.397 e. The van der Waals surface area contributed by atoms with Gasteiger partial charge in [0, 0.05) is 4.90 Å². The molecular weight excluding hydrogens is 144 g/mol. The van der Waals surface area contributed by atoms with Gasteiger partial charge in [0.15, 0.2) is 0 Å². The van der Waals surface area contributed by atoms with E-state index in [9.17, 15) is 0 Å². The Morgan fingerprint density at radius 1 is 1.50 bits per heavy atom. The van der Waals surface area contributed by atoms with E-state index >= 15 is 0 Å². The van der Waals surface area contributed by atoms with E-state index in [1.54, 1.807) is 6.07 Å². The van der Waals surface area contributed by atoms with Crippen LogP contribution in [0.4, 0.5) is 11.4 Å². The van der Waals surface area contributed by atoms with Crippen molar-refractivity contribution in [1.29, 1.82) is 0 Å². The highest BCUT2D eigenvalue weighted by molar-refractivity contribution is 7.80. The van der Waals surface area contributed by atoms with Crippen LogP contribution >= 0.6 is 12.6 Å². The summed E-state index contributed by atoms with van der Waals surface area (Å²) in [5.74, 6) is 0. The standard InChI is InChI=1S/C7H8N2S/c1-9-7-5(8)3-2-4-6(7)10/h2-4,10H,1,8H2. The zero-order valence-electron chi connectivity index (χ0n) is 5.41. The predicted molar refractivity (Wildman–Crippen MR) is 47.3 cm³/mol. The molecule has 0 saturated carbocycles. The van der Waals surface area contributed by atoms with Gasteiger partial charge in [0.25, 0.3) is 0 Å². The summed E-state index contributed by atoms with van der Waals surface area (Å²) in [5.41, 5.74) is 6.82. The molecule has 0 spiro atoms. The number of nitrogens with two attached hydrogens (primary N) is 1. The maximum Gasteiger partial charge on any atom is 0.0984 e. The Hall–Kier alpha value is -0.960. The van der Waals surface area contributed by atoms with Crippen LogP contribution in [0.25, 0.3) is 0 Å². The minimum absolute atomic E-state index is 0.613. The molecule has 2 nitrogen and oxygen atoms in total. The van der Waals surface area contributed by atoms with E-state index in [0.29, 0.717) is 11.4 Å². The molecule has 1 rings (SSSR count). The van der Waals surface area contributed by atoms with Crippen molar-refractivity contribution in [3.05, 3.63) is 18.2 Å². The Kier molecular flexibility index (Phi) is 1.97. The average Bonchev–Trinajstić information content (AvgIpc) is 1.88. The second-order valence-corrected chi connectivity index (χ2v) is 2.35. The number of anilines is 1. The Morgan fingerprint density at radius 2 is 2.20 bits per heavy atom. The lowest BCUT2D eigenvalue weighted by atomic mass is 10.3. The summed E-state index contributed by atoms with van der Waals surface area (Å²) in [6.45, 7) is 3.37. The van der Waals surface area contributed by atoms with Crippen molar-refractivity contribution in [2.45, 2.75) is 4.90 Å². The Bertz CT molecular complexity index is 238. The topological polar surface area (TPSA) is 38.4 Å². The molecule has 0 radical (unpaired) electrons. The molecule has 0 fully saturated rings. The number of para-hydroxylation sites is 1. The molecule has 0 atom stereocenters. The number of hydrogen-bond acceptors (Lipinski definition) is 3. The predicted octanol–water partition coefficient (Wildman–Crippen LogP) is 1.89. The highest BCUT2D eigenvalue weighted by Gasteiger charge is 1.97. The smallest absolute Gasteiger partial charge is 0.0984 e. The molecule has 0 aliphatic heterocycles. The lowest BCUT2D eigenvalue weighted by Crippen LogP contribution is -1.84. The van der Waals surface area contributed by atoms with E-state index in [1.165, 1.54) is 0 Å². The number of nitrogen functional groups attached to an aromatic ring is 1. The monoisotopic (exact) mass is 152 g/mol. The van der Waals surface area contributed by atoms with E-state index in [4.69, 9.17) is 5.73 Å². The Balaban J connectivity index is 3.30. The van der Waals surface area contributed by atoms with E-state index in [-0.39, 0.29) is 0 Å². The van der Waals surface area contributed by atoms with Gasteiger partial charge in [-0.25, -0.2) is 0 Å². The van der Waals surface area contributed by atoms with Gasteiger partial charge in [0.1, 0.15) is 0 Å². The highest BCUT2D eigenvalue weighted by Crippen LogP contribution is 2.28. The molecule has 10 heavy (non-hydrogen) atoms. The first-order chi connectivity index (χ1) is 4.75. The van der Waals surface area contributed by atoms with Crippen LogP contribution in [-0.4, -0.2) is 6.72 Å². The number of aliphatic imine (C=N–C) groups is 1. The summed E-state index contributed by atoms with van der Waals surface area (Å²) >= 11 is 4.13. The molecular formula is C7H8N2S.